The summed E-state index contributed by atoms with van der Waals surface area (Å²) in [5.41, 5.74) is 0.584. The minimum atomic E-state index is -2.42. The summed E-state index contributed by atoms with van der Waals surface area (Å²) in [4.78, 5) is 1.83. The number of hydrogen-bond acceptors (Lipinski definition) is 3. The van der Waals surface area contributed by atoms with Crippen LogP contribution in [0.2, 0.25) is 0 Å². The number of alkyl halides is 2. The van der Waals surface area contributed by atoms with Gasteiger partial charge in [-0.2, -0.15) is 0 Å². The molecule has 0 bridgehead atoms. The molecule has 0 saturated carbocycles. The molecule has 0 aromatic heterocycles. The molecule has 1 aliphatic heterocycles. The van der Waals surface area contributed by atoms with Gasteiger partial charge < -0.3 is 10.1 Å². The molecule has 1 fully saturated rings. The van der Waals surface area contributed by atoms with Gasteiger partial charge >= 0.3 is 0 Å². The molecular formula is C14H20F2N2O. The summed E-state index contributed by atoms with van der Waals surface area (Å²) in [6.45, 7) is 5.11. The molecule has 106 valence electrons. The predicted molar refractivity (Wildman–Crippen MR) is 70.8 cm³/mol. The van der Waals surface area contributed by atoms with Crippen molar-refractivity contribution >= 4 is 0 Å². The van der Waals surface area contributed by atoms with Gasteiger partial charge in [0, 0.05) is 31.7 Å². The number of nitrogens with zero attached hydrogens (tertiary/aromatic N) is 1. The van der Waals surface area contributed by atoms with Gasteiger partial charge in [-0.1, -0.05) is 18.2 Å². The highest BCUT2D eigenvalue weighted by molar-refractivity contribution is 5.36. The molecule has 2 rings (SSSR count). The maximum absolute atomic E-state index is 13.5. The van der Waals surface area contributed by atoms with Crippen molar-refractivity contribution in [3.05, 3.63) is 29.8 Å². The Kier molecular flexibility index (Phi) is 5.10. The van der Waals surface area contributed by atoms with E-state index in [0.717, 1.165) is 13.1 Å². The summed E-state index contributed by atoms with van der Waals surface area (Å²) in [6, 6.07) is 6.22. The molecule has 3 nitrogen and oxygen atoms in total. The molecule has 1 aromatic rings. The number of rotatable bonds is 5. The van der Waals surface area contributed by atoms with Gasteiger partial charge in [-0.05, 0) is 13.0 Å². The molecule has 0 amide bonds. The number of nitrogens with one attached hydrogen (secondary N) is 1. The Morgan fingerprint density at radius 3 is 2.58 bits per heavy atom. The summed E-state index contributed by atoms with van der Waals surface area (Å²) in [7, 11) is 0. The average molecular weight is 270 g/mol. The van der Waals surface area contributed by atoms with Crippen molar-refractivity contribution in [3.63, 3.8) is 0 Å². The number of para-hydroxylation sites is 1. The zero-order valence-electron chi connectivity index (χ0n) is 11.1. The molecule has 1 atom stereocenters. The van der Waals surface area contributed by atoms with Crippen LogP contribution in [0, 0.1) is 0 Å². The Morgan fingerprint density at radius 1 is 1.26 bits per heavy atom. The van der Waals surface area contributed by atoms with E-state index >= 15 is 0 Å². The Balaban J connectivity index is 2.27. The molecule has 1 saturated heterocycles. The summed E-state index contributed by atoms with van der Waals surface area (Å²) in [5.74, 6) is 0.564. The Hall–Kier alpha value is -1.20. The fourth-order valence-electron chi connectivity index (χ4n) is 2.46. The number of ether oxygens (including phenoxy) is 1. The van der Waals surface area contributed by atoms with E-state index in [0.29, 0.717) is 31.0 Å². The molecular weight excluding hydrogens is 250 g/mol. The van der Waals surface area contributed by atoms with Crippen molar-refractivity contribution in [1.29, 1.82) is 0 Å². The molecule has 1 aromatic carbocycles. The number of hydrogen-bond donors (Lipinski definition) is 1. The predicted octanol–water partition coefficient (Wildman–Crippen LogP) is 2.30. The van der Waals surface area contributed by atoms with Crippen molar-refractivity contribution in [2.75, 3.05) is 32.8 Å². The van der Waals surface area contributed by atoms with Gasteiger partial charge in [0.1, 0.15) is 5.75 Å². The molecule has 1 aliphatic rings. The number of benzene rings is 1. The lowest BCUT2D eigenvalue weighted by atomic mass is 10.0. The molecule has 0 radical (unpaired) electrons. The third kappa shape index (κ3) is 3.42. The molecule has 0 spiro atoms. The van der Waals surface area contributed by atoms with Gasteiger partial charge in [0.05, 0.1) is 12.6 Å². The molecule has 5 heteroatoms. The number of halogens is 2. The average Bonchev–Trinajstić information content (AvgIpc) is 2.42. The van der Waals surface area contributed by atoms with Crippen LogP contribution in [0.5, 0.6) is 5.75 Å². The van der Waals surface area contributed by atoms with E-state index in [1.54, 1.807) is 18.2 Å². The van der Waals surface area contributed by atoms with Crippen LogP contribution >= 0.6 is 0 Å². The standard InChI is InChI=1S/C14H20F2N2O/c1-2-19-12-6-4-3-5-11(12)13(14(15)16)18-9-7-17-8-10-18/h3-6,13-14,17H,2,7-10H2,1H3/t13-/m1/s1. The molecule has 0 aliphatic carbocycles. The Morgan fingerprint density at radius 2 is 1.95 bits per heavy atom. The summed E-state index contributed by atoms with van der Waals surface area (Å²) in [5, 5.41) is 3.18. The largest absolute Gasteiger partial charge is 0.494 e. The highest BCUT2D eigenvalue weighted by Crippen LogP contribution is 2.34. The highest BCUT2D eigenvalue weighted by atomic mass is 19.3. The summed E-state index contributed by atoms with van der Waals surface area (Å²) < 4.78 is 32.4. The van der Waals surface area contributed by atoms with Crippen molar-refractivity contribution in [3.8, 4) is 5.75 Å². The number of piperazine rings is 1. The normalized spacial score (nSPS) is 18.5. The van der Waals surface area contributed by atoms with Crippen LogP contribution in [0.25, 0.3) is 0 Å². The second-order valence-electron chi connectivity index (χ2n) is 4.54. The van der Waals surface area contributed by atoms with E-state index in [1.807, 2.05) is 17.9 Å². The van der Waals surface area contributed by atoms with Crippen LogP contribution in [-0.2, 0) is 0 Å². The van der Waals surface area contributed by atoms with E-state index in [1.165, 1.54) is 0 Å². The maximum Gasteiger partial charge on any atom is 0.258 e. The zero-order valence-corrected chi connectivity index (χ0v) is 11.1. The third-order valence-electron chi connectivity index (χ3n) is 3.32. The minimum absolute atomic E-state index is 0.481. The zero-order chi connectivity index (χ0) is 13.7. The van der Waals surface area contributed by atoms with Gasteiger partial charge in [0.2, 0.25) is 0 Å². The Labute approximate surface area is 112 Å². The monoisotopic (exact) mass is 270 g/mol. The molecule has 0 unspecified atom stereocenters. The third-order valence-corrected chi connectivity index (χ3v) is 3.32. The van der Waals surface area contributed by atoms with E-state index in [4.69, 9.17) is 4.74 Å². The summed E-state index contributed by atoms with van der Waals surface area (Å²) in [6.07, 6.45) is -2.42. The van der Waals surface area contributed by atoms with Crippen molar-refractivity contribution in [2.45, 2.75) is 19.4 Å². The molecule has 1 N–H and O–H groups in total. The van der Waals surface area contributed by atoms with Crippen LogP contribution < -0.4 is 10.1 Å². The fourth-order valence-corrected chi connectivity index (χ4v) is 2.46. The first kappa shape index (κ1) is 14.2. The van der Waals surface area contributed by atoms with E-state index in [-0.39, 0.29) is 0 Å². The highest BCUT2D eigenvalue weighted by Gasteiger charge is 2.32. The van der Waals surface area contributed by atoms with Crippen LogP contribution in [0.1, 0.15) is 18.5 Å². The van der Waals surface area contributed by atoms with Gasteiger partial charge in [-0.25, -0.2) is 8.78 Å². The van der Waals surface area contributed by atoms with Gasteiger partial charge in [-0.15, -0.1) is 0 Å². The first-order valence-corrected chi connectivity index (χ1v) is 6.68. The first-order valence-electron chi connectivity index (χ1n) is 6.68. The van der Waals surface area contributed by atoms with Gasteiger partial charge in [-0.3, -0.25) is 4.90 Å². The van der Waals surface area contributed by atoms with Crippen LogP contribution in [-0.4, -0.2) is 44.1 Å². The van der Waals surface area contributed by atoms with Gasteiger partial charge in [0.25, 0.3) is 6.43 Å². The molecule has 1 heterocycles. The Bertz CT molecular complexity index is 395. The van der Waals surface area contributed by atoms with E-state index in [9.17, 15) is 8.78 Å². The van der Waals surface area contributed by atoms with Crippen molar-refractivity contribution < 1.29 is 13.5 Å². The van der Waals surface area contributed by atoms with Gasteiger partial charge in [0.15, 0.2) is 0 Å². The first-order chi connectivity index (χ1) is 9.24. The van der Waals surface area contributed by atoms with Crippen molar-refractivity contribution in [1.82, 2.24) is 10.2 Å². The van der Waals surface area contributed by atoms with Crippen LogP contribution in [0.3, 0.4) is 0 Å². The maximum atomic E-state index is 13.5. The van der Waals surface area contributed by atoms with Crippen LogP contribution in [0.4, 0.5) is 8.78 Å². The smallest absolute Gasteiger partial charge is 0.258 e. The fraction of sp³-hybridized carbons (Fsp3) is 0.571. The topological polar surface area (TPSA) is 24.5 Å². The second kappa shape index (κ2) is 6.82. The second-order valence-corrected chi connectivity index (χ2v) is 4.54. The van der Waals surface area contributed by atoms with E-state index in [2.05, 4.69) is 5.32 Å². The van der Waals surface area contributed by atoms with Crippen molar-refractivity contribution in [2.24, 2.45) is 0 Å². The quantitative estimate of drug-likeness (QED) is 0.888. The van der Waals surface area contributed by atoms with E-state index < -0.39 is 12.5 Å². The summed E-state index contributed by atoms with van der Waals surface area (Å²) >= 11 is 0. The lowest BCUT2D eigenvalue weighted by molar-refractivity contribution is 0.0168. The SMILES string of the molecule is CCOc1ccccc1[C@H](C(F)F)N1CCNCC1. The van der Waals surface area contributed by atoms with Crippen LogP contribution in [0.15, 0.2) is 24.3 Å². The lowest BCUT2D eigenvalue weighted by Crippen LogP contribution is -2.47. The lowest BCUT2D eigenvalue weighted by Gasteiger charge is -2.35. The molecule has 19 heavy (non-hydrogen) atoms. The minimum Gasteiger partial charge on any atom is -0.494 e.